The molecule has 1 amide bonds. The zero-order chi connectivity index (χ0) is 19.5. The third-order valence-corrected chi connectivity index (χ3v) is 4.58. The molecule has 1 aromatic heterocycles. The molecule has 1 heterocycles. The van der Waals surface area contributed by atoms with E-state index in [1.807, 2.05) is 73.7 Å². The number of hydrogen-bond acceptors (Lipinski definition) is 3. The van der Waals surface area contributed by atoms with Crippen molar-refractivity contribution in [2.75, 3.05) is 5.32 Å². The van der Waals surface area contributed by atoms with Gasteiger partial charge in [0.15, 0.2) is 0 Å². The maximum Gasteiger partial charge on any atom is 0.261 e. The van der Waals surface area contributed by atoms with Gasteiger partial charge in [-0.3, -0.25) is 14.2 Å². The lowest BCUT2D eigenvalue weighted by molar-refractivity contribution is -0.116. The minimum Gasteiger partial charge on any atom is -0.324 e. The number of fused-ring (bicyclic) bond motifs is 1. The molecular weight excluding hydrogens is 350 g/mol. The molecule has 0 unspecified atom stereocenters. The number of carbonyl (C=O) groups excluding carboxylic acids is 1. The van der Waals surface area contributed by atoms with E-state index in [9.17, 15) is 9.59 Å². The van der Waals surface area contributed by atoms with E-state index in [0.717, 1.165) is 16.7 Å². The average molecular weight is 369 g/mol. The molecule has 5 nitrogen and oxygen atoms in total. The van der Waals surface area contributed by atoms with Gasteiger partial charge in [-0.2, -0.15) is 0 Å². The topological polar surface area (TPSA) is 64.0 Å². The van der Waals surface area contributed by atoms with Gasteiger partial charge >= 0.3 is 0 Å². The number of carbonyl (C=O) groups is 1. The van der Waals surface area contributed by atoms with Crippen molar-refractivity contribution in [3.8, 4) is 11.1 Å². The second kappa shape index (κ2) is 7.48. The molecule has 0 atom stereocenters. The van der Waals surface area contributed by atoms with E-state index in [1.54, 1.807) is 6.07 Å². The van der Waals surface area contributed by atoms with E-state index in [4.69, 9.17) is 0 Å². The number of anilines is 1. The van der Waals surface area contributed by atoms with Gasteiger partial charge in [-0.25, -0.2) is 4.98 Å². The fraction of sp³-hybridized carbons (Fsp3) is 0.0870. The minimum atomic E-state index is -0.278. The molecule has 0 aliphatic rings. The van der Waals surface area contributed by atoms with Crippen molar-refractivity contribution >= 4 is 22.5 Å². The highest BCUT2D eigenvalue weighted by atomic mass is 16.2. The lowest BCUT2D eigenvalue weighted by Gasteiger charge is -2.12. The van der Waals surface area contributed by atoms with E-state index < -0.39 is 0 Å². The van der Waals surface area contributed by atoms with Crippen molar-refractivity contribution < 1.29 is 4.79 Å². The Balaban J connectivity index is 1.60. The first-order chi connectivity index (χ1) is 13.6. The molecule has 4 rings (SSSR count). The third-order valence-electron chi connectivity index (χ3n) is 4.58. The predicted octanol–water partition coefficient (Wildman–Crippen LogP) is 4.01. The van der Waals surface area contributed by atoms with Crippen LogP contribution in [0.1, 0.15) is 5.56 Å². The summed E-state index contributed by atoms with van der Waals surface area (Å²) in [5, 5.41) is 3.43. The van der Waals surface area contributed by atoms with Gasteiger partial charge in [0.05, 0.1) is 17.2 Å². The molecule has 5 heteroatoms. The first kappa shape index (κ1) is 17.7. The summed E-state index contributed by atoms with van der Waals surface area (Å²) >= 11 is 0. The number of rotatable bonds is 4. The normalized spacial score (nSPS) is 10.8. The van der Waals surface area contributed by atoms with Crippen LogP contribution in [0, 0.1) is 6.92 Å². The maximum atomic E-state index is 12.7. The van der Waals surface area contributed by atoms with Gasteiger partial charge < -0.3 is 5.32 Å². The van der Waals surface area contributed by atoms with E-state index in [1.165, 1.54) is 10.9 Å². The van der Waals surface area contributed by atoms with Gasteiger partial charge in [0.1, 0.15) is 6.54 Å². The van der Waals surface area contributed by atoms with Crippen LogP contribution in [0.2, 0.25) is 0 Å². The minimum absolute atomic E-state index is 0.0984. The van der Waals surface area contributed by atoms with Crippen molar-refractivity contribution in [3.05, 3.63) is 95.0 Å². The Morgan fingerprint density at radius 1 is 1.00 bits per heavy atom. The van der Waals surface area contributed by atoms with E-state index >= 15 is 0 Å². The predicted molar refractivity (Wildman–Crippen MR) is 111 cm³/mol. The number of benzene rings is 3. The van der Waals surface area contributed by atoms with Crippen molar-refractivity contribution in [1.82, 2.24) is 9.55 Å². The second-order valence-corrected chi connectivity index (χ2v) is 6.66. The van der Waals surface area contributed by atoms with Gasteiger partial charge in [0.25, 0.3) is 5.56 Å². The van der Waals surface area contributed by atoms with Crippen LogP contribution in [0.5, 0.6) is 0 Å². The molecule has 0 saturated heterocycles. The van der Waals surface area contributed by atoms with Crippen LogP contribution in [-0.2, 0) is 11.3 Å². The number of aryl methyl sites for hydroxylation is 1. The van der Waals surface area contributed by atoms with Crippen LogP contribution in [0.3, 0.4) is 0 Å². The number of para-hydroxylation sites is 1. The summed E-state index contributed by atoms with van der Waals surface area (Å²) in [6.07, 6.45) is 1.42. The summed E-state index contributed by atoms with van der Waals surface area (Å²) in [6.45, 7) is 1.82. The zero-order valence-corrected chi connectivity index (χ0v) is 15.4. The molecule has 0 fully saturated rings. The molecule has 0 bridgehead atoms. The zero-order valence-electron chi connectivity index (χ0n) is 15.4. The Morgan fingerprint density at radius 2 is 1.75 bits per heavy atom. The van der Waals surface area contributed by atoms with Crippen LogP contribution in [0.4, 0.5) is 5.69 Å². The summed E-state index contributed by atoms with van der Waals surface area (Å²) in [5.41, 5.74) is 4.03. The summed E-state index contributed by atoms with van der Waals surface area (Å²) in [5.74, 6) is -0.278. The molecule has 4 aromatic rings. The summed E-state index contributed by atoms with van der Waals surface area (Å²) in [6, 6.07) is 23.0. The molecule has 0 radical (unpaired) electrons. The molecule has 28 heavy (non-hydrogen) atoms. The number of amides is 1. The highest BCUT2D eigenvalue weighted by Gasteiger charge is 2.11. The lowest BCUT2D eigenvalue weighted by atomic mass is 10.0. The highest BCUT2D eigenvalue weighted by molar-refractivity contribution is 5.95. The van der Waals surface area contributed by atoms with E-state index in [0.29, 0.717) is 16.6 Å². The Morgan fingerprint density at radius 3 is 2.57 bits per heavy atom. The van der Waals surface area contributed by atoms with Crippen LogP contribution >= 0.6 is 0 Å². The Labute approximate surface area is 162 Å². The second-order valence-electron chi connectivity index (χ2n) is 6.66. The molecule has 0 aliphatic heterocycles. The summed E-state index contributed by atoms with van der Waals surface area (Å²) in [7, 11) is 0. The van der Waals surface area contributed by atoms with Gasteiger partial charge in [-0.1, -0.05) is 60.2 Å². The molecule has 138 valence electrons. The van der Waals surface area contributed by atoms with Gasteiger partial charge in [-0.05, 0) is 30.7 Å². The number of nitrogens with one attached hydrogen (secondary N) is 1. The molecule has 0 saturated carbocycles. The smallest absolute Gasteiger partial charge is 0.261 e. The van der Waals surface area contributed by atoms with Crippen LogP contribution < -0.4 is 10.9 Å². The van der Waals surface area contributed by atoms with E-state index in [2.05, 4.69) is 10.3 Å². The van der Waals surface area contributed by atoms with Gasteiger partial charge in [-0.15, -0.1) is 0 Å². The quantitative estimate of drug-likeness (QED) is 0.591. The van der Waals surface area contributed by atoms with Gasteiger partial charge in [0, 0.05) is 11.3 Å². The SMILES string of the molecule is Cc1ccc2ncn(CC(=O)Nc3ccccc3-c3ccccc3)c(=O)c2c1. The molecule has 1 N–H and O–H groups in total. The fourth-order valence-corrected chi connectivity index (χ4v) is 3.19. The number of hydrogen-bond donors (Lipinski definition) is 1. The van der Waals surface area contributed by atoms with Crippen molar-refractivity contribution in [3.63, 3.8) is 0 Å². The van der Waals surface area contributed by atoms with Crippen molar-refractivity contribution in [1.29, 1.82) is 0 Å². The van der Waals surface area contributed by atoms with Crippen molar-refractivity contribution in [2.45, 2.75) is 13.5 Å². The van der Waals surface area contributed by atoms with Crippen LogP contribution in [0.25, 0.3) is 22.0 Å². The molecular formula is C23H19N3O2. The summed E-state index contributed by atoms with van der Waals surface area (Å²) in [4.78, 5) is 29.6. The standard InChI is InChI=1S/C23H19N3O2/c1-16-11-12-20-19(13-16)23(28)26(15-24-20)14-22(27)25-21-10-6-5-9-18(21)17-7-3-2-4-8-17/h2-13,15H,14H2,1H3,(H,25,27). The Bertz CT molecular complexity index is 1210. The Hall–Kier alpha value is -3.73. The highest BCUT2D eigenvalue weighted by Crippen LogP contribution is 2.27. The van der Waals surface area contributed by atoms with Crippen LogP contribution in [0.15, 0.2) is 83.9 Å². The van der Waals surface area contributed by atoms with Gasteiger partial charge in [0.2, 0.25) is 5.91 Å². The lowest BCUT2D eigenvalue weighted by Crippen LogP contribution is -2.28. The number of aromatic nitrogens is 2. The van der Waals surface area contributed by atoms with Crippen LogP contribution in [-0.4, -0.2) is 15.5 Å². The maximum absolute atomic E-state index is 12.7. The fourth-order valence-electron chi connectivity index (χ4n) is 3.19. The largest absolute Gasteiger partial charge is 0.324 e. The molecule has 3 aromatic carbocycles. The van der Waals surface area contributed by atoms with E-state index in [-0.39, 0.29) is 18.0 Å². The molecule has 0 aliphatic carbocycles. The summed E-state index contributed by atoms with van der Waals surface area (Å²) < 4.78 is 1.34. The Kier molecular flexibility index (Phi) is 4.72. The van der Waals surface area contributed by atoms with Crippen molar-refractivity contribution in [2.24, 2.45) is 0 Å². The molecule has 0 spiro atoms. The average Bonchev–Trinajstić information content (AvgIpc) is 2.71. The first-order valence-corrected chi connectivity index (χ1v) is 9.02. The first-order valence-electron chi connectivity index (χ1n) is 9.02. The third kappa shape index (κ3) is 3.55. The number of nitrogens with zero attached hydrogens (tertiary/aromatic N) is 2. The monoisotopic (exact) mass is 369 g/mol.